The molecule has 6 heavy (non-hydrogen) atoms. The van der Waals surface area contributed by atoms with E-state index in [1.54, 1.807) is 0 Å². The van der Waals surface area contributed by atoms with Gasteiger partial charge in [0.15, 0.2) is 0 Å². The van der Waals surface area contributed by atoms with E-state index in [9.17, 15) is 0 Å². The molecule has 0 aliphatic heterocycles. The van der Waals surface area contributed by atoms with Crippen molar-refractivity contribution in [2.45, 2.75) is 19.1 Å². The van der Waals surface area contributed by atoms with E-state index < -0.39 is 0 Å². The van der Waals surface area contributed by atoms with E-state index in [-0.39, 0.29) is 8.80 Å². The second-order valence-electron chi connectivity index (χ2n) is 1.92. The van der Waals surface area contributed by atoms with Crippen LogP contribution in [0.5, 0.6) is 0 Å². The molecule has 0 saturated carbocycles. The average molecular weight is 116 g/mol. The van der Waals surface area contributed by atoms with Crippen LogP contribution in [0.1, 0.15) is 0 Å². The van der Waals surface area contributed by atoms with E-state index in [2.05, 4.69) is 18.8 Å². The molecule has 36 valence electrons. The molecule has 0 aliphatic rings. The quantitative estimate of drug-likeness (QED) is 0.442. The highest BCUT2D eigenvalue weighted by atomic mass is 28.3. The lowest BCUT2D eigenvalue weighted by atomic mass is 11.0. The summed E-state index contributed by atoms with van der Waals surface area (Å²) in [4.78, 5) is 0. The molecule has 0 heterocycles. The summed E-state index contributed by atoms with van der Waals surface area (Å²) in [5.74, 6) is 0. The van der Waals surface area contributed by atoms with Gasteiger partial charge in [-0.3, -0.25) is 0 Å². The van der Waals surface area contributed by atoms with Crippen LogP contribution in [0.3, 0.4) is 0 Å². The molecule has 0 rings (SSSR count). The smallest absolute Gasteiger partial charge is 0.0339 e. The van der Waals surface area contributed by atoms with E-state index in [1.165, 1.54) is 6.04 Å². The van der Waals surface area contributed by atoms with Gasteiger partial charge < -0.3 is 0 Å². The zero-order chi connectivity index (χ0) is 4.99. The monoisotopic (exact) mass is 116 g/mol. The highest BCUT2D eigenvalue weighted by Crippen LogP contribution is 1.82. The van der Waals surface area contributed by atoms with Gasteiger partial charge in [-0.1, -0.05) is 13.1 Å². The van der Waals surface area contributed by atoms with Crippen LogP contribution in [-0.4, -0.2) is 24.3 Å². The van der Waals surface area contributed by atoms with E-state index in [0.29, 0.717) is 0 Å². The Morgan fingerprint density at radius 3 is 2.17 bits per heavy atom. The Morgan fingerprint density at radius 1 is 1.67 bits per heavy atom. The summed E-state index contributed by atoms with van der Waals surface area (Å²) in [5.41, 5.74) is 2.29. The van der Waals surface area contributed by atoms with Gasteiger partial charge in [0.05, 0.1) is 0 Å². The van der Waals surface area contributed by atoms with Gasteiger partial charge in [-0.25, -0.2) is 0 Å². The summed E-state index contributed by atoms with van der Waals surface area (Å²) in [6.07, 6.45) is 0. The number of hydrogen-bond donors (Lipinski definition) is 0. The first-order valence-corrected chi connectivity index (χ1v) is 6.32. The third-order valence-corrected chi connectivity index (χ3v) is 2.91. The van der Waals surface area contributed by atoms with Crippen LogP contribution < -0.4 is 0 Å². The summed E-state index contributed by atoms with van der Waals surface area (Å²) in [6, 6.07) is 1.40. The normalized spacial score (nSPS) is 9.17. The molecule has 0 aromatic rings. The highest BCUT2D eigenvalue weighted by Gasteiger charge is 1.85. The minimum absolute atomic E-state index is 0.219. The molecular weight excluding hydrogens is 104 g/mol. The maximum atomic E-state index is 2.37. The van der Waals surface area contributed by atoms with Crippen LogP contribution in [-0.2, 0) is 0 Å². The van der Waals surface area contributed by atoms with Crippen LogP contribution in [0.25, 0.3) is 0 Å². The molecule has 0 N–H and O–H groups in total. The Bertz CT molecular complexity index is 40.8. The lowest BCUT2D eigenvalue weighted by molar-refractivity contribution is 1.79. The van der Waals surface area contributed by atoms with Crippen molar-refractivity contribution in [3.63, 3.8) is 0 Å². The maximum absolute atomic E-state index is 2.37. The SMILES string of the molecule is C[SiH](C)CC=[SiH2]. The standard InChI is InChI=1S/C4H12Si2/c1-6(2)4-3-5/h3,6H,4-5H2,1-2H3. The fourth-order valence-electron chi connectivity index (χ4n) is 0.333. The molecule has 0 spiro atoms. The van der Waals surface area contributed by atoms with Gasteiger partial charge in [-0.15, -0.1) is 5.67 Å². The van der Waals surface area contributed by atoms with Crippen molar-refractivity contribution in [2.24, 2.45) is 0 Å². The van der Waals surface area contributed by atoms with Crippen LogP contribution in [0, 0.1) is 0 Å². The van der Waals surface area contributed by atoms with Crippen molar-refractivity contribution >= 4 is 24.3 Å². The summed E-state index contributed by atoms with van der Waals surface area (Å²) < 4.78 is 0. The second kappa shape index (κ2) is 3.49. The van der Waals surface area contributed by atoms with Crippen molar-refractivity contribution in [3.8, 4) is 0 Å². The molecule has 0 saturated heterocycles. The van der Waals surface area contributed by atoms with Crippen LogP contribution in [0.15, 0.2) is 0 Å². The van der Waals surface area contributed by atoms with E-state index >= 15 is 0 Å². The Labute approximate surface area is 44.2 Å². The Kier molecular flexibility index (Phi) is 3.67. The summed E-state index contributed by atoms with van der Waals surface area (Å²) in [6.45, 7) is 4.73. The zero-order valence-corrected chi connectivity index (χ0v) is 7.14. The van der Waals surface area contributed by atoms with E-state index in [4.69, 9.17) is 0 Å². The van der Waals surface area contributed by atoms with Crippen molar-refractivity contribution in [3.05, 3.63) is 0 Å². The van der Waals surface area contributed by atoms with E-state index in [1.807, 2.05) is 9.85 Å². The Hall–Kier alpha value is 0.304. The molecule has 0 amide bonds. The summed E-state index contributed by atoms with van der Waals surface area (Å²) >= 11 is 0. The van der Waals surface area contributed by atoms with Crippen molar-refractivity contribution in [1.82, 2.24) is 0 Å². The average Bonchev–Trinajstić information content (AvgIpc) is 1.35. The molecule has 0 aliphatic carbocycles. The molecule has 0 radical (unpaired) electrons. The third-order valence-electron chi connectivity index (χ3n) is 0.638. The molecular formula is C4H12Si2. The maximum Gasteiger partial charge on any atom is 0.0339 e. The molecule has 2 heteroatoms. The van der Waals surface area contributed by atoms with Crippen molar-refractivity contribution < 1.29 is 0 Å². The first kappa shape index (κ1) is 6.30. The Balaban J connectivity index is 2.81. The zero-order valence-electron chi connectivity index (χ0n) is 4.57. The van der Waals surface area contributed by atoms with E-state index in [0.717, 1.165) is 0 Å². The Morgan fingerprint density at radius 2 is 2.17 bits per heavy atom. The fourth-order valence-corrected chi connectivity index (χ4v) is 3.00. The molecule has 0 nitrogen and oxygen atoms in total. The topological polar surface area (TPSA) is 0 Å². The number of rotatable bonds is 2. The number of hydrogen-bond acceptors (Lipinski definition) is 0. The second-order valence-corrected chi connectivity index (χ2v) is 5.75. The molecule has 0 fully saturated rings. The van der Waals surface area contributed by atoms with Crippen LogP contribution in [0.4, 0.5) is 0 Å². The van der Waals surface area contributed by atoms with Crippen molar-refractivity contribution in [2.75, 3.05) is 0 Å². The van der Waals surface area contributed by atoms with Crippen LogP contribution in [0.2, 0.25) is 19.1 Å². The first-order valence-electron chi connectivity index (χ1n) is 2.38. The summed E-state index contributed by atoms with van der Waals surface area (Å²) in [5, 5.41) is 0. The van der Waals surface area contributed by atoms with Crippen LogP contribution >= 0.6 is 0 Å². The molecule has 0 atom stereocenters. The lowest BCUT2D eigenvalue weighted by Gasteiger charge is -1.90. The third kappa shape index (κ3) is 4.30. The minimum atomic E-state index is -0.219. The van der Waals surface area contributed by atoms with Gasteiger partial charge in [-0.05, 0) is 15.9 Å². The van der Waals surface area contributed by atoms with Gasteiger partial charge in [0.2, 0.25) is 0 Å². The summed E-state index contributed by atoms with van der Waals surface area (Å²) in [7, 11) is 1.75. The molecule has 0 aromatic heterocycles. The largest absolute Gasteiger partial charge is 0.112 e. The van der Waals surface area contributed by atoms with Gasteiger partial charge in [-0.2, -0.15) is 0 Å². The van der Waals surface area contributed by atoms with Crippen molar-refractivity contribution in [1.29, 1.82) is 0 Å². The van der Waals surface area contributed by atoms with Gasteiger partial charge in [0.1, 0.15) is 0 Å². The molecule has 0 aromatic carbocycles. The predicted molar refractivity (Wildman–Crippen MR) is 38.3 cm³/mol. The fraction of sp³-hybridized carbons (Fsp3) is 0.750. The molecule has 0 unspecified atom stereocenters. The van der Waals surface area contributed by atoms with Gasteiger partial charge in [0, 0.05) is 8.80 Å². The predicted octanol–water partition coefficient (Wildman–Crippen LogP) is -0.0916. The van der Waals surface area contributed by atoms with Gasteiger partial charge in [0.25, 0.3) is 0 Å². The minimum Gasteiger partial charge on any atom is -0.112 e. The highest BCUT2D eigenvalue weighted by molar-refractivity contribution is 6.61. The first-order chi connectivity index (χ1) is 2.77. The molecule has 0 bridgehead atoms. The van der Waals surface area contributed by atoms with Gasteiger partial charge >= 0.3 is 0 Å². The lowest BCUT2D eigenvalue weighted by Crippen LogP contribution is -1.97.